The first-order chi connectivity index (χ1) is 5.83. The zero-order valence-corrected chi connectivity index (χ0v) is 7.09. The largest absolute Gasteiger partial charge is 0.300 e. The molecule has 0 aliphatic heterocycles. The van der Waals surface area contributed by atoms with E-state index in [1.54, 1.807) is 0 Å². The Bertz CT molecular complexity index is 361. The molecular weight excluding hydrogens is 146 g/mol. The summed E-state index contributed by atoms with van der Waals surface area (Å²) in [6.07, 6.45) is 2.97. The molecule has 0 bridgehead atoms. The van der Waals surface area contributed by atoms with E-state index in [0.717, 1.165) is 17.6 Å². The predicted molar refractivity (Wildman–Crippen MR) is 50.7 cm³/mol. The van der Waals surface area contributed by atoms with Crippen LogP contribution in [0.15, 0.2) is 35.9 Å². The van der Waals surface area contributed by atoms with E-state index in [0.29, 0.717) is 5.71 Å². The van der Waals surface area contributed by atoms with E-state index >= 15 is 0 Å². The van der Waals surface area contributed by atoms with Crippen LogP contribution in [0.3, 0.4) is 0 Å². The number of fused-ring (bicyclic) bond motifs is 1. The maximum absolute atomic E-state index is 7.82. The maximum atomic E-state index is 7.82. The van der Waals surface area contributed by atoms with Gasteiger partial charge in [-0.25, -0.2) is 0 Å². The van der Waals surface area contributed by atoms with Gasteiger partial charge in [-0.15, -0.1) is 0 Å². The SMILES string of the molecule is C/C=C1/Cc2ccccc2C1=N. The number of hydrogen-bond acceptors (Lipinski definition) is 1. The van der Waals surface area contributed by atoms with Crippen molar-refractivity contribution in [2.24, 2.45) is 0 Å². The Balaban J connectivity index is 2.56. The second-order valence-electron chi connectivity index (χ2n) is 3.02. The molecule has 1 aliphatic rings. The number of allylic oxidation sites excluding steroid dienone is 2. The van der Waals surface area contributed by atoms with Gasteiger partial charge in [0.1, 0.15) is 0 Å². The topological polar surface area (TPSA) is 23.9 Å². The Labute approximate surface area is 72.2 Å². The smallest absolute Gasteiger partial charge is 0.0647 e. The highest BCUT2D eigenvalue weighted by Crippen LogP contribution is 2.25. The standard InChI is InChI=1S/C11H11N/c1-2-8-7-9-5-3-4-6-10(9)11(8)12/h2-6,12H,7H2,1H3/b8-2-,12-11?. The molecule has 0 heterocycles. The lowest BCUT2D eigenvalue weighted by atomic mass is 10.1. The van der Waals surface area contributed by atoms with Crippen LogP contribution >= 0.6 is 0 Å². The monoisotopic (exact) mass is 157 g/mol. The lowest BCUT2D eigenvalue weighted by molar-refractivity contribution is 1.26. The van der Waals surface area contributed by atoms with Gasteiger partial charge in [0.2, 0.25) is 0 Å². The molecule has 0 spiro atoms. The van der Waals surface area contributed by atoms with E-state index in [1.807, 2.05) is 31.2 Å². The van der Waals surface area contributed by atoms with Crippen molar-refractivity contribution in [1.29, 1.82) is 5.41 Å². The van der Waals surface area contributed by atoms with E-state index in [9.17, 15) is 0 Å². The van der Waals surface area contributed by atoms with Crippen molar-refractivity contribution >= 4 is 5.71 Å². The van der Waals surface area contributed by atoms with Crippen molar-refractivity contribution in [2.75, 3.05) is 0 Å². The number of hydrogen-bond donors (Lipinski definition) is 1. The van der Waals surface area contributed by atoms with Crippen molar-refractivity contribution in [1.82, 2.24) is 0 Å². The summed E-state index contributed by atoms with van der Waals surface area (Å²) >= 11 is 0. The molecule has 1 heteroatoms. The summed E-state index contributed by atoms with van der Waals surface area (Å²) in [6.45, 7) is 2.00. The molecule has 1 aliphatic carbocycles. The van der Waals surface area contributed by atoms with Crippen molar-refractivity contribution in [2.45, 2.75) is 13.3 Å². The third-order valence-electron chi connectivity index (χ3n) is 2.34. The van der Waals surface area contributed by atoms with Gasteiger partial charge in [0.15, 0.2) is 0 Å². The van der Waals surface area contributed by atoms with Crippen molar-refractivity contribution in [3.63, 3.8) is 0 Å². The highest BCUT2D eigenvalue weighted by molar-refractivity contribution is 6.14. The molecule has 1 aromatic carbocycles. The van der Waals surface area contributed by atoms with E-state index < -0.39 is 0 Å². The van der Waals surface area contributed by atoms with E-state index in [1.165, 1.54) is 5.56 Å². The molecule has 0 aromatic heterocycles. The minimum atomic E-state index is 0.702. The Kier molecular flexibility index (Phi) is 1.58. The predicted octanol–water partition coefficient (Wildman–Crippen LogP) is 2.56. The number of rotatable bonds is 0. The highest BCUT2D eigenvalue weighted by Gasteiger charge is 2.19. The molecule has 0 fully saturated rings. The minimum Gasteiger partial charge on any atom is -0.300 e. The van der Waals surface area contributed by atoms with Gasteiger partial charge in [0.05, 0.1) is 5.71 Å². The van der Waals surface area contributed by atoms with Crippen LogP contribution in [0.25, 0.3) is 0 Å². The molecule has 60 valence electrons. The molecule has 0 saturated carbocycles. The van der Waals surface area contributed by atoms with Crippen LogP contribution in [0.5, 0.6) is 0 Å². The van der Waals surface area contributed by atoms with E-state index in [-0.39, 0.29) is 0 Å². The van der Waals surface area contributed by atoms with Crippen LogP contribution in [0.4, 0.5) is 0 Å². The Morgan fingerprint density at radius 3 is 2.75 bits per heavy atom. The fourth-order valence-electron chi connectivity index (χ4n) is 1.63. The summed E-state index contributed by atoms with van der Waals surface area (Å²) in [5.41, 5.74) is 4.24. The molecule has 0 saturated heterocycles. The molecule has 0 amide bonds. The van der Waals surface area contributed by atoms with Gasteiger partial charge in [-0.3, -0.25) is 5.41 Å². The van der Waals surface area contributed by atoms with Crippen LogP contribution in [-0.2, 0) is 6.42 Å². The third kappa shape index (κ3) is 0.900. The number of benzene rings is 1. The first-order valence-electron chi connectivity index (χ1n) is 4.15. The van der Waals surface area contributed by atoms with Crippen molar-refractivity contribution < 1.29 is 0 Å². The number of nitrogens with one attached hydrogen (secondary N) is 1. The fourth-order valence-corrected chi connectivity index (χ4v) is 1.63. The first-order valence-corrected chi connectivity index (χ1v) is 4.15. The van der Waals surface area contributed by atoms with Gasteiger partial charge in [0.25, 0.3) is 0 Å². The lowest BCUT2D eigenvalue weighted by Gasteiger charge is -1.94. The van der Waals surface area contributed by atoms with E-state index in [2.05, 4.69) is 6.07 Å². The second kappa shape index (κ2) is 2.59. The maximum Gasteiger partial charge on any atom is 0.0647 e. The molecule has 2 rings (SSSR count). The second-order valence-corrected chi connectivity index (χ2v) is 3.02. The van der Waals surface area contributed by atoms with Crippen molar-refractivity contribution in [3.8, 4) is 0 Å². The first kappa shape index (κ1) is 7.29. The molecule has 1 aromatic rings. The summed E-state index contributed by atoms with van der Waals surface area (Å²) in [6, 6.07) is 8.14. The van der Waals surface area contributed by atoms with Gasteiger partial charge in [-0.1, -0.05) is 30.3 Å². The third-order valence-corrected chi connectivity index (χ3v) is 2.34. The summed E-state index contributed by atoms with van der Waals surface area (Å²) < 4.78 is 0. The highest BCUT2D eigenvalue weighted by atomic mass is 14.5. The van der Waals surface area contributed by atoms with Gasteiger partial charge in [0, 0.05) is 5.56 Å². The summed E-state index contributed by atoms with van der Waals surface area (Å²) in [4.78, 5) is 0. The zero-order chi connectivity index (χ0) is 8.55. The van der Waals surface area contributed by atoms with E-state index in [4.69, 9.17) is 5.41 Å². The molecule has 0 unspecified atom stereocenters. The van der Waals surface area contributed by atoms with Gasteiger partial charge >= 0.3 is 0 Å². The minimum absolute atomic E-state index is 0.702. The van der Waals surface area contributed by atoms with Crippen LogP contribution in [0.2, 0.25) is 0 Å². The Hall–Kier alpha value is -1.37. The molecule has 0 atom stereocenters. The fraction of sp³-hybridized carbons (Fsp3) is 0.182. The zero-order valence-electron chi connectivity index (χ0n) is 7.09. The van der Waals surface area contributed by atoms with Crippen LogP contribution in [-0.4, -0.2) is 5.71 Å². The van der Waals surface area contributed by atoms with Crippen molar-refractivity contribution in [3.05, 3.63) is 47.0 Å². The van der Waals surface area contributed by atoms with Crippen LogP contribution < -0.4 is 0 Å². The lowest BCUT2D eigenvalue weighted by Crippen LogP contribution is -1.93. The summed E-state index contributed by atoms with van der Waals surface area (Å²) in [5, 5.41) is 7.82. The molecule has 0 radical (unpaired) electrons. The summed E-state index contributed by atoms with van der Waals surface area (Å²) in [5.74, 6) is 0. The quantitative estimate of drug-likeness (QED) is 0.598. The molecule has 12 heavy (non-hydrogen) atoms. The van der Waals surface area contributed by atoms with Gasteiger partial charge in [-0.05, 0) is 24.5 Å². The average Bonchev–Trinajstić information content (AvgIpc) is 2.44. The van der Waals surface area contributed by atoms with Gasteiger partial charge < -0.3 is 0 Å². The molecule has 1 N–H and O–H groups in total. The van der Waals surface area contributed by atoms with Gasteiger partial charge in [-0.2, -0.15) is 0 Å². The Morgan fingerprint density at radius 2 is 2.08 bits per heavy atom. The normalized spacial score (nSPS) is 18.4. The van der Waals surface area contributed by atoms with Crippen LogP contribution in [0.1, 0.15) is 18.1 Å². The molecule has 1 nitrogen and oxygen atoms in total. The molecular formula is C11H11N. The Morgan fingerprint density at radius 1 is 1.33 bits per heavy atom. The van der Waals surface area contributed by atoms with Crippen LogP contribution in [0, 0.1) is 5.41 Å². The average molecular weight is 157 g/mol. The summed E-state index contributed by atoms with van der Waals surface area (Å²) in [7, 11) is 0.